The Balaban J connectivity index is 1.85. The SMILES string of the molecule is Cc1cnn(C2CCCN(c3ccncc3C(N)=O)C2)c1. The lowest BCUT2D eigenvalue weighted by Crippen LogP contribution is -2.38. The average molecular weight is 285 g/mol. The Kier molecular flexibility index (Phi) is 3.60. The quantitative estimate of drug-likeness (QED) is 0.927. The molecule has 3 heterocycles. The fourth-order valence-corrected chi connectivity index (χ4v) is 2.87. The number of piperidine rings is 1. The zero-order valence-corrected chi connectivity index (χ0v) is 12.1. The molecular weight excluding hydrogens is 266 g/mol. The first-order valence-corrected chi connectivity index (χ1v) is 7.14. The lowest BCUT2D eigenvalue weighted by atomic mass is 10.0. The number of amides is 1. The van der Waals surface area contributed by atoms with Crippen molar-refractivity contribution in [2.45, 2.75) is 25.8 Å². The van der Waals surface area contributed by atoms with Gasteiger partial charge < -0.3 is 10.6 Å². The van der Waals surface area contributed by atoms with Crippen molar-refractivity contribution in [1.29, 1.82) is 0 Å². The van der Waals surface area contributed by atoms with Crippen molar-refractivity contribution < 1.29 is 4.79 Å². The number of hydrogen-bond donors (Lipinski definition) is 1. The van der Waals surface area contributed by atoms with Crippen molar-refractivity contribution in [3.8, 4) is 0 Å². The second kappa shape index (κ2) is 5.55. The number of hydrogen-bond acceptors (Lipinski definition) is 4. The Morgan fingerprint density at radius 2 is 2.29 bits per heavy atom. The van der Waals surface area contributed by atoms with E-state index in [-0.39, 0.29) is 0 Å². The maximum atomic E-state index is 11.6. The third kappa shape index (κ3) is 2.74. The summed E-state index contributed by atoms with van der Waals surface area (Å²) in [4.78, 5) is 17.8. The van der Waals surface area contributed by atoms with Crippen molar-refractivity contribution in [1.82, 2.24) is 14.8 Å². The number of aryl methyl sites for hydroxylation is 1. The molecule has 1 aliphatic rings. The molecule has 0 spiro atoms. The summed E-state index contributed by atoms with van der Waals surface area (Å²) >= 11 is 0. The summed E-state index contributed by atoms with van der Waals surface area (Å²) in [5, 5.41) is 4.41. The monoisotopic (exact) mass is 285 g/mol. The zero-order chi connectivity index (χ0) is 14.8. The largest absolute Gasteiger partial charge is 0.369 e. The lowest BCUT2D eigenvalue weighted by Gasteiger charge is -2.35. The van der Waals surface area contributed by atoms with Gasteiger partial charge in [0.05, 0.1) is 23.5 Å². The van der Waals surface area contributed by atoms with Gasteiger partial charge in [0.15, 0.2) is 0 Å². The van der Waals surface area contributed by atoms with Crippen LogP contribution in [0.2, 0.25) is 0 Å². The van der Waals surface area contributed by atoms with Crippen molar-refractivity contribution >= 4 is 11.6 Å². The molecule has 1 atom stereocenters. The number of carbonyl (C=O) groups is 1. The van der Waals surface area contributed by atoms with Gasteiger partial charge in [0, 0.05) is 31.7 Å². The minimum absolute atomic E-state index is 0.321. The summed E-state index contributed by atoms with van der Waals surface area (Å²) in [5.41, 5.74) is 7.96. The molecule has 1 amide bonds. The molecule has 0 aliphatic carbocycles. The molecule has 1 unspecified atom stereocenters. The maximum Gasteiger partial charge on any atom is 0.252 e. The highest BCUT2D eigenvalue weighted by atomic mass is 16.1. The summed E-state index contributed by atoms with van der Waals surface area (Å²) in [6.07, 6.45) is 9.33. The standard InChI is InChI=1S/C15H19N5O/c1-11-7-18-20(9-11)12-3-2-6-19(10-12)14-4-5-17-8-13(14)15(16)21/h4-5,7-9,12H,2-3,6,10H2,1H3,(H2,16,21). The third-order valence-electron chi connectivity index (χ3n) is 3.91. The summed E-state index contributed by atoms with van der Waals surface area (Å²) in [6.45, 7) is 3.78. The molecule has 2 aromatic heterocycles. The van der Waals surface area contributed by atoms with Crippen LogP contribution in [0.15, 0.2) is 30.9 Å². The number of nitrogens with zero attached hydrogens (tertiary/aromatic N) is 4. The van der Waals surface area contributed by atoms with Crippen LogP contribution in [0.1, 0.15) is 34.8 Å². The minimum Gasteiger partial charge on any atom is -0.369 e. The highest BCUT2D eigenvalue weighted by Crippen LogP contribution is 2.27. The van der Waals surface area contributed by atoms with E-state index in [1.165, 1.54) is 0 Å². The molecule has 21 heavy (non-hydrogen) atoms. The molecule has 1 aliphatic heterocycles. The van der Waals surface area contributed by atoms with Crippen molar-refractivity contribution in [2.24, 2.45) is 5.73 Å². The Bertz CT molecular complexity index is 651. The Hall–Kier alpha value is -2.37. The minimum atomic E-state index is -0.435. The molecule has 0 saturated carbocycles. The van der Waals surface area contributed by atoms with Gasteiger partial charge in [-0.1, -0.05) is 0 Å². The van der Waals surface area contributed by atoms with Gasteiger partial charge in [-0.2, -0.15) is 5.10 Å². The number of nitrogens with two attached hydrogens (primary N) is 1. The van der Waals surface area contributed by atoms with Gasteiger partial charge in [0.1, 0.15) is 0 Å². The second-order valence-electron chi connectivity index (χ2n) is 5.50. The first-order valence-electron chi connectivity index (χ1n) is 7.14. The normalized spacial score (nSPS) is 18.7. The highest BCUT2D eigenvalue weighted by Gasteiger charge is 2.24. The molecule has 110 valence electrons. The van der Waals surface area contributed by atoms with Crippen LogP contribution in [-0.2, 0) is 0 Å². The summed E-state index contributed by atoms with van der Waals surface area (Å²) in [5.74, 6) is -0.435. The molecule has 6 heteroatoms. The molecule has 0 bridgehead atoms. The molecule has 3 rings (SSSR count). The number of pyridine rings is 1. The van der Waals surface area contributed by atoms with Crippen molar-refractivity contribution in [3.05, 3.63) is 42.0 Å². The van der Waals surface area contributed by atoms with Crippen molar-refractivity contribution in [3.63, 3.8) is 0 Å². The average Bonchev–Trinajstić information content (AvgIpc) is 2.94. The van der Waals surface area contributed by atoms with Crippen LogP contribution in [0.25, 0.3) is 0 Å². The van der Waals surface area contributed by atoms with E-state index in [2.05, 4.69) is 21.2 Å². The van der Waals surface area contributed by atoms with E-state index in [4.69, 9.17) is 5.73 Å². The zero-order valence-electron chi connectivity index (χ0n) is 12.1. The predicted molar refractivity (Wildman–Crippen MR) is 80.2 cm³/mol. The van der Waals surface area contributed by atoms with Crippen LogP contribution in [0.4, 0.5) is 5.69 Å². The van der Waals surface area contributed by atoms with Gasteiger partial charge in [0.2, 0.25) is 0 Å². The predicted octanol–water partition coefficient (Wildman–Crippen LogP) is 1.53. The van der Waals surface area contributed by atoms with Crippen LogP contribution in [0.3, 0.4) is 0 Å². The smallest absolute Gasteiger partial charge is 0.252 e. The van der Waals surface area contributed by atoms with Gasteiger partial charge in [-0.3, -0.25) is 14.5 Å². The first-order chi connectivity index (χ1) is 10.1. The van der Waals surface area contributed by atoms with E-state index in [0.29, 0.717) is 11.6 Å². The number of rotatable bonds is 3. The fourth-order valence-electron chi connectivity index (χ4n) is 2.87. The first kappa shape index (κ1) is 13.6. The highest BCUT2D eigenvalue weighted by molar-refractivity contribution is 5.98. The number of primary amides is 1. The molecule has 2 N–H and O–H groups in total. The Morgan fingerprint density at radius 3 is 3.00 bits per heavy atom. The third-order valence-corrected chi connectivity index (χ3v) is 3.91. The van der Waals surface area contributed by atoms with E-state index in [0.717, 1.165) is 37.2 Å². The Morgan fingerprint density at radius 1 is 1.43 bits per heavy atom. The molecule has 0 aromatic carbocycles. The number of carbonyl (C=O) groups excluding carboxylic acids is 1. The summed E-state index contributed by atoms with van der Waals surface area (Å²) in [7, 11) is 0. The van der Waals surface area contributed by atoms with Crippen LogP contribution in [-0.4, -0.2) is 33.8 Å². The van der Waals surface area contributed by atoms with E-state index >= 15 is 0 Å². The van der Waals surface area contributed by atoms with E-state index in [1.54, 1.807) is 12.4 Å². The van der Waals surface area contributed by atoms with Gasteiger partial charge in [-0.25, -0.2) is 0 Å². The Labute approximate surface area is 123 Å². The van der Waals surface area contributed by atoms with Gasteiger partial charge in [-0.05, 0) is 31.4 Å². The van der Waals surface area contributed by atoms with Crippen LogP contribution in [0, 0.1) is 6.92 Å². The molecule has 2 aromatic rings. The summed E-state index contributed by atoms with van der Waals surface area (Å²) < 4.78 is 2.02. The molecule has 0 radical (unpaired) electrons. The van der Waals surface area contributed by atoms with E-state index in [1.807, 2.05) is 23.9 Å². The van der Waals surface area contributed by atoms with Gasteiger partial charge in [0.25, 0.3) is 5.91 Å². The van der Waals surface area contributed by atoms with Crippen LogP contribution in [0.5, 0.6) is 0 Å². The topological polar surface area (TPSA) is 77.0 Å². The van der Waals surface area contributed by atoms with E-state index in [9.17, 15) is 4.79 Å². The molecule has 1 fully saturated rings. The lowest BCUT2D eigenvalue weighted by molar-refractivity contribution is 0.100. The van der Waals surface area contributed by atoms with Gasteiger partial charge in [-0.15, -0.1) is 0 Å². The maximum absolute atomic E-state index is 11.6. The molecule has 6 nitrogen and oxygen atoms in total. The summed E-state index contributed by atoms with van der Waals surface area (Å²) in [6, 6.07) is 2.18. The molecule has 1 saturated heterocycles. The van der Waals surface area contributed by atoms with Crippen LogP contribution < -0.4 is 10.6 Å². The van der Waals surface area contributed by atoms with Gasteiger partial charge >= 0.3 is 0 Å². The number of anilines is 1. The molecular formula is C15H19N5O. The fraction of sp³-hybridized carbons (Fsp3) is 0.400. The second-order valence-corrected chi connectivity index (χ2v) is 5.50. The van der Waals surface area contributed by atoms with Crippen LogP contribution >= 0.6 is 0 Å². The van der Waals surface area contributed by atoms with E-state index < -0.39 is 5.91 Å². The van der Waals surface area contributed by atoms with Crippen molar-refractivity contribution in [2.75, 3.05) is 18.0 Å². The number of aromatic nitrogens is 3.